The third-order valence-electron chi connectivity index (χ3n) is 9.68. The van der Waals surface area contributed by atoms with Crippen LogP contribution < -0.4 is 9.80 Å². The van der Waals surface area contributed by atoms with Crippen LogP contribution in [0.2, 0.25) is 0 Å². The van der Waals surface area contributed by atoms with E-state index in [1.54, 1.807) is 21.5 Å². The number of esters is 1. The minimum Gasteiger partial charge on any atom is -0.464 e. The fourth-order valence-electron chi connectivity index (χ4n) is 7.16. The topological polar surface area (TPSA) is 120 Å². The largest absolute Gasteiger partial charge is 0.464 e. The predicted octanol–water partition coefficient (Wildman–Crippen LogP) is 3.49. The molecule has 3 saturated heterocycles. The molecule has 1 aromatic carbocycles. The first-order chi connectivity index (χ1) is 21.2. The number of pyridine rings is 2. The molecule has 4 aromatic rings. The van der Waals surface area contributed by atoms with E-state index in [2.05, 4.69) is 69.4 Å². The van der Waals surface area contributed by atoms with Crippen LogP contribution in [0.15, 0.2) is 60.8 Å². The van der Waals surface area contributed by atoms with E-state index in [1.807, 2.05) is 24.1 Å². The molecular weight excluding hydrogens is 556 g/mol. The molecule has 3 aliphatic rings. The molecule has 2 unspecified atom stereocenters. The molecule has 0 saturated carbocycles. The van der Waals surface area contributed by atoms with Gasteiger partial charge in [-0.1, -0.05) is 43.3 Å². The molecule has 3 aromatic heterocycles. The number of methoxy groups -OCH3 is 1. The van der Waals surface area contributed by atoms with E-state index in [1.165, 1.54) is 12.7 Å². The number of benzene rings is 1. The lowest BCUT2D eigenvalue weighted by atomic mass is 9.82. The normalized spacial score (nSPS) is 24.5. The Morgan fingerprint density at radius 3 is 2.59 bits per heavy atom. The van der Waals surface area contributed by atoms with Gasteiger partial charge in [0.15, 0.2) is 11.3 Å². The first kappa shape index (κ1) is 27.8. The summed E-state index contributed by atoms with van der Waals surface area (Å²) >= 11 is 0. The van der Waals surface area contributed by atoms with Crippen molar-refractivity contribution in [3.63, 3.8) is 0 Å². The van der Waals surface area contributed by atoms with Crippen molar-refractivity contribution < 1.29 is 14.3 Å². The second kappa shape index (κ2) is 10.3. The van der Waals surface area contributed by atoms with E-state index in [0.29, 0.717) is 31.1 Å². The molecule has 0 N–H and O–H groups in total. The number of aromatic nitrogens is 4. The maximum atomic E-state index is 13.7. The summed E-state index contributed by atoms with van der Waals surface area (Å²) in [5, 5.41) is 14.9. The Hall–Kier alpha value is -4.98. The Balaban J connectivity index is 1.08. The van der Waals surface area contributed by atoms with Crippen LogP contribution >= 0.6 is 0 Å². The van der Waals surface area contributed by atoms with E-state index in [-0.39, 0.29) is 35.3 Å². The number of hydrogen-bond acceptors (Lipinski definition) is 9. The van der Waals surface area contributed by atoms with Gasteiger partial charge in [0.25, 0.3) is 5.91 Å². The van der Waals surface area contributed by atoms with Crippen molar-refractivity contribution in [2.75, 3.05) is 56.2 Å². The van der Waals surface area contributed by atoms with Crippen molar-refractivity contribution in [3.05, 3.63) is 83.4 Å². The molecule has 1 amide bonds. The average Bonchev–Trinajstić information content (AvgIpc) is 3.82. The van der Waals surface area contributed by atoms with E-state index in [0.717, 1.165) is 30.8 Å². The number of anilines is 2. The van der Waals surface area contributed by atoms with Gasteiger partial charge in [-0.3, -0.25) is 4.79 Å². The number of likely N-dealkylation sites (tertiary alicyclic amines) is 1. The summed E-state index contributed by atoms with van der Waals surface area (Å²) in [7, 11) is 1.32. The summed E-state index contributed by atoms with van der Waals surface area (Å²) in [4.78, 5) is 40.9. The summed E-state index contributed by atoms with van der Waals surface area (Å²) < 4.78 is 6.52. The minimum absolute atomic E-state index is 0.0634. The highest BCUT2D eigenvalue weighted by Gasteiger charge is 2.55. The molecule has 11 nitrogen and oxygen atoms in total. The zero-order chi connectivity index (χ0) is 30.6. The van der Waals surface area contributed by atoms with Gasteiger partial charge >= 0.3 is 5.97 Å². The highest BCUT2D eigenvalue weighted by atomic mass is 16.5. The Morgan fingerprint density at radius 1 is 1.02 bits per heavy atom. The van der Waals surface area contributed by atoms with Gasteiger partial charge in [0.1, 0.15) is 5.82 Å². The Morgan fingerprint density at radius 2 is 1.84 bits per heavy atom. The predicted molar refractivity (Wildman–Crippen MR) is 164 cm³/mol. The molecule has 3 fully saturated rings. The van der Waals surface area contributed by atoms with E-state index >= 15 is 0 Å². The highest BCUT2D eigenvalue weighted by Crippen LogP contribution is 2.43. The second-order valence-electron chi connectivity index (χ2n) is 12.6. The zero-order valence-electron chi connectivity index (χ0n) is 25.1. The maximum Gasteiger partial charge on any atom is 0.356 e. The summed E-state index contributed by atoms with van der Waals surface area (Å²) in [6.45, 7) is 7.81. The number of rotatable bonds is 5. The van der Waals surface area contributed by atoms with Gasteiger partial charge in [-0.05, 0) is 42.7 Å². The molecule has 3 aliphatic heterocycles. The molecule has 0 spiro atoms. The van der Waals surface area contributed by atoms with Crippen molar-refractivity contribution in [3.8, 4) is 6.07 Å². The smallest absolute Gasteiger partial charge is 0.356 e. The number of nitrogens with zero attached hydrogens (tertiary/aromatic N) is 8. The molecule has 224 valence electrons. The quantitative estimate of drug-likeness (QED) is 0.322. The van der Waals surface area contributed by atoms with Gasteiger partial charge in [0.2, 0.25) is 5.82 Å². The molecule has 7 rings (SSSR count). The van der Waals surface area contributed by atoms with Crippen molar-refractivity contribution in [1.82, 2.24) is 24.5 Å². The lowest BCUT2D eigenvalue weighted by molar-refractivity contribution is 0.0593. The van der Waals surface area contributed by atoms with Gasteiger partial charge in [-0.2, -0.15) is 5.26 Å². The number of hydrogen-bond donors (Lipinski definition) is 0. The summed E-state index contributed by atoms with van der Waals surface area (Å²) in [5.74, 6) is -0.0943. The Bertz CT molecular complexity index is 1820. The van der Waals surface area contributed by atoms with Crippen molar-refractivity contribution >= 4 is 29.0 Å². The third kappa shape index (κ3) is 4.53. The Labute approximate surface area is 255 Å². The van der Waals surface area contributed by atoms with E-state index < -0.39 is 11.4 Å². The van der Waals surface area contributed by atoms with Gasteiger partial charge in [-0.25, -0.2) is 19.3 Å². The van der Waals surface area contributed by atoms with E-state index in [9.17, 15) is 14.9 Å². The monoisotopic (exact) mass is 590 g/mol. The minimum atomic E-state index is -0.748. The third-order valence-corrected chi connectivity index (χ3v) is 9.68. The van der Waals surface area contributed by atoms with Crippen LogP contribution in [-0.2, 0) is 10.2 Å². The highest BCUT2D eigenvalue weighted by molar-refractivity contribution is 5.91. The number of nitriles is 1. The molecular formula is C33H34N8O3. The van der Waals surface area contributed by atoms with Gasteiger partial charge in [0.05, 0.1) is 30.5 Å². The second-order valence-corrected chi connectivity index (χ2v) is 12.6. The van der Waals surface area contributed by atoms with Crippen LogP contribution in [0.5, 0.6) is 0 Å². The molecule has 3 atom stereocenters. The lowest BCUT2D eigenvalue weighted by Crippen LogP contribution is -2.37. The first-order valence-electron chi connectivity index (χ1n) is 14.9. The number of fused-ring (bicyclic) bond motifs is 2. The molecule has 11 heteroatoms. The van der Waals surface area contributed by atoms with Crippen LogP contribution in [0, 0.1) is 29.6 Å². The van der Waals surface area contributed by atoms with Gasteiger partial charge in [-0.15, -0.1) is 5.10 Å². The van der Waals surface area contributed by atoms with Crippen LogP contribution in [0.3, 0.4) is 0 Å². The lowest BCUT2D eigenvalue weighted by Gasteiger charge is -2.26. The number of amides is 1. The van der Waals surface area contributed by atoms with Gasteiger partial charge < -0.3 is 19.4 Å². The maximum absolute atomic E-state index is 13.7. The molecule has 44 heavy (non-hydrogen) atoms. The average molecular weight is 591 g/mol. The van der Waals surface area contributed by atoms with Crippen molar-refractivity contribution in [1.29, 1.82) is 5.26 Å². The fourth-order valence-corrected chi connectivity index (χ4v) is 7.16. The van der Waals surface area contributed by atoms with Crippen LogP contribution in [0.4, 0.5) is 11.5 Å². The molecule has 0 bridgehead atoms. The van der Waals surface area contributed by atoms with Crippen LogP contribution in [0.25, 0.3) is 5.65 Å². The number of ether oxygens (including phenoxy) is 1. The molecule has 0 radical (unpaired) electrons. The Kier molecular flexibility index (Phi) is 6.53. The summed E-state index contributed by atoms with van der Waals surface area (Å²) in [6.07, 6.45) is 3.02. The van der Waals surface area contributed by atoms with Crippen LogP contribution in [-0.4, -0.2) is 82.7 Å². The van der Waals surface area contributed by atoms with Crippen LogP contribution in [0.1, 0.15) is 45.6 Å². The standard InChI is InChI=1S/C33H34N8O3/c1-22-14-25(38-13-12-32(2,19-38)23-8-5-4-6-9-23)17-41-29(22)36-28(37-41)30(42)40-16-24-15-39(20-33(24,18-34)21-40)27-11-7-10-26(35-27)31(43)44-3/h4-11,14,17,24H,12-13,15-16,19-21H2,1-3H3/t24?,32-,33?/m0/s1. The summed E-state index contributed by atoms with van der Waals surface area (Å²) in [6, 6.07) is 20.5. The number of carbonyl (C=O) groups excluding carboxylic acids is 2. The molecule has 6 heterocycles. The number of carbonyl (C=O) groups is 2. The SMILES string of the molecule is COC(=O)c1cccc(N2CC3CN(C(=O)c4nc5c(C)cc(N6CC[C@](C)(c7ccccc7)C6)cn5n4)CC3(C#N)C2)n1. The zero-order valence-corrected chi connectivity index (χ0v) is 25.1. The fraction of sp³-hybridized carbons (Fsp3) is 0.394. The summed E-state index contributed by atoms with van der Waals surface area (Å²) in [5.41, 5.74) is 3.54. The van der Waals surface area contributed by atoms with Crippen molar-refractivity contribution in [2.45, 2.75) is 25.7 Å². The van der Waals surface area contributed by atoms with Gasteiger partial charge in [0, 0.05) is 50.6 Å². The molecule has 0 aliphatic carbocycles. The van der Waals surface area contributed by atoms with E-state index in [4.69, 9.17) is 4.74 Å². The van der Waals surface area contributed by atoms with Crippen molar-refractivity contribution in [2.24, 2.45) is 11.3 Å². The first-order valence-corrected chi connectivity index (χ1v) is 14.9. The number of aryl methyl sites for hydroxylation is 1.